The largest absolute Gasteiger partial charge is 0.460 e. The molecule has 0 fully saturated rings. The van der Waals surface area contributed by atoms with E-state index in [1.54, 1.807) is 24.3 Å². The van der Waals surface area contributed by atoms with E-state index in [0.29, 0.717) is 124 Å². The molecular weight excluding hydrogens is 538 g/mol. The number of hydrogen-bond donors (Lipinski definition) is 0. The second-order valence-electron chi connectivity index (χ2n) is 8.82. The van der Waals surface area contributed by atoms with Crippen LogP contribution in [0.2, 0.25) is 0 Å². The van der Waals surface area contributed by atoms with E-state index in [4.69, 9.17) is 47.4 Å². The molecule has 0 spiro atoms. The molecule has 0 saturated carbocycles. The molecule has 41 heavy (non-hydrogen) atoms. The van der Waals surface area contributed by atoms with Crippen LogP contribution in [0.4, 0.5) is 0 Å². The summed E-state index contributed by atoms with van der Waals surface area (Å²) in [7, 11) is 4.03. The van der Waals surface area contributed by atoms with Crippen molar-refractivity contribution in [1.82, 2.24) is 4.90 Å². The van der Waals surface area contributed by atoms with Gasteiger partial charge >= 0.3 is 5.97 Å². The topological polar surface area (TPSA) is 113 Å². The molecule has 0 N–H and O–H groups in total. The Morgan fingerprint density at radius 1 is 0.463 bits per heavy atom. The molecule has 0 heterocycles. The van der Waals surface area contributed by atoms with Gasteiger partial charge in [0.05, 0.1) is 124 Å². The van der Waals surface area contributed by atoms with Crippen LogP contribution < -0.4 is 0 Å². The van der Waals surface area contributed by atoms with E-state index >= 15 is 0 Å². The highest BCUT2D eigenvalue weighted by Gasteiger charge is 2.05. The number of likely N-dealkylation sites (N-methyl/N-ethyl adjacent to an activating group) is 1. The number of hydrogen-bond acceptors (Lipinski definition) is 12. The summed E-state index contributed by atoms with van der Waals surface area (Å²) in [5.41, 5.74) is 0.528. The first-order chi connectivity index (χ1) is 20.2. The van der Waals surface area contributed by atoms with Crippen LogP contribution in [-0.4, -0.2) is 157 Å². The molecule has 12 heteroatoms. The number of benzene rings is 1. The smallest absolute Gasteiger partial charge is 0.338 e. The molecule has 0 radical (unpaired) electrons. The monoisotopic (exact) mass is 589 g/mol. The van der Waals surface area contributed by atoms with Crippen molar-refractivity contribution in [2.75, 3.05) is 146 Å². The number of esters is 1. The van der Waals surface area contributed by atoms with Gasteiger partial charge < -0.3 is 52.3 Å². The Morgan fingerprint density at radius 3 is 1.07 bits per heavy atom. The van der Waals surface area contributed by atoms with Crippen molar-refractivity contribution in [3.8, 4) is 0 Å². The fourth-order valence-electron chi connectivity index (χ4n) is 2.96. The highest BCUT2D eigenvalue weighted by atomic mass is 16.6. The van der Waals surface area contributed by atoms with E-state index in [1.807, 2.05) is 20.2 Å². The summed E-state index contributed by atoms with van der Waals surface area (Å²) in [6, 6.07) is 8.86. The Hall–Kier alpha value is -1.71. The molecule has 0 bridgehead atoms. The van der Waals surface area contributed by atoms with Gasteiger partial charge in [-0.15, -0.1) is 0 Å². The molecule has 1 aromatic rings. The molecule has 0 saturated heterocycles. The molecule has 12 nitrogen and oxygen atoms in total. The second kappa shape index (κ2) is 29.8. The molecule has 0 aliphatic heterocycles. The van der Waals surface area contributed by atoms with Gasteiger partial charge in [-0.1, -0.05) is 18.2 Å². The van der Waals surface area contributed by atoms with Crippen molar-refractivity contribution in [3.05, 3.63) is 35.9 Å². The summed E-state index contributed by atoms with van der Waals surface area (Å²) in [6.45, 7) is 10.3. The molecule has 0 aliphatic rings. The summed E-state index contributed by atoms with van der Waals surface area (Å²) >= 11 is 0. The van der Waals surface area contributed by atoms with Crippen LogP contribution in [0.25, 0.3) is 0 Å². The van der Waals surface area contributed by atoms with Crippen LogP contribution in [0.5, 0.6) is 0 Å². The van der Waals surface area contributed by atoms with Crippen LogP contribution in [0.3, 0.4) is 0 Å². The second-order valence-corrected chi connectivity index (χ2v) is 8.82. The Labute approximate surface area is 245 Å². The summed E-state index contributed by atoms with van der Waals surface area (Å²) in [6.07, 6.45) is 0. The quantitative estimate of drug-likeness (QED) is 0.0925. The minimum absolute atomic E-state index is 0.206. The van der Waals surface area contributed by atoms with Gasteiger partial charge in [-0.3, -0.25) is 0 Å². The van der Waals surface area contributed by atoms with Crippen LogP contribution in [-0.2, 0) is 47.4 Å². The summed E-state index contributed by atoms with van der Waals surface area (Å²) in [5, 5.41) is 0. The molecule has 1 aromatic carbocycles. The molecule has 238 valence electrons. The lowest BCUT2D eigenvalue weighted by atomic mass is 10.2. The first-order valence-corrected chi connectivity index (χ1v) is 14.3. The fraction of sp³-hybridized carbons (Fsp3) is 0.759. The van der Waals surface area contributed by atoms with E-state index in [9.17, 15) is 4.79 Å². The molecular formula is C29H51NO11. The highest BCUT2D eigenvalue weighted by Crippen LogP contribution is 2.00. The van der Waals surface area contributed by atoms with Gasteiger partial charge in [-0.25, -0.2) is 4.79 Å². The van der Waals surface area contributed by atoms with Crippen LogP contribution >= 0.6 is 0 Å². The zero-order chi connectivity index (χ0) is 29.5. The maximum Gasteiger partial charge on any atom is 0.338 e. The van der Waals surface area contributed by atoms with Crippen LogP contribution in [0.1, 0.15) is 10.4 Å². The van der Waals surface area contributed by atoms with E-state index in [1.165, 1.54) is 0 Å². The third kappa shape index (κ3) is 26.9. The molecule has 0 unspecified atom stereocenters. The number of carbonyl (C=O) groups excluding carboxylic acids is 1. The lowest BCUT2D eigenvalue weighted by Gasteiger charge is -2.10. The average molecular weight is 590 g/mol. The van der Waals surface area contributed by atoms with E-state index < -0.39 is 0 Å². The number of nitrogens with zero attached hydrogens (tertiary/aromatic N) is 1. The lowest BCUT2D eigenvalue weighted by molar-refractivity contribution is -0.0260. The standard InChI is InChI=1S/C29H51NO11/c1-30(2)8-9-32-10-11-33-12-13-34-14-15-35-16-17-36-18-19-37-20-21-38-22-23-39-24-25-40-26-27-41-29(31)28-6-4-3-5-7-28/h3-7H,8-27H2,1-2H3. The van der Waals surface area contributed by atoms with Crippen molar-refractivity contribution >= 4 is 5.97 Å². The molecule has 1 rings (SSSR count). The molecule has 0 amide bonds. The van der Waals surface area contributed by atoms with Crippen molar-refractivity contribution in [1.29, 1.82) is 0 Å². The van der Waals surface area contributed by atoms with Crippen molar-refractivity contribution in [2.45, 2.75) is 0 Å². The Kier molecular flexibility index (Phi) is 27.1. The Balaban J connectivity index is 1.65. The molecule has 0 aromatic heterocycles. The van der Waals surface area contributed by atoms with Crippen molar-refractivity contribution in [2.24, 2.45) is 0 Å². The van der Waals surface area contributed by atoms with E-state index in [-0.39, 0.29) is 12.6 Å². The van der Waals surface area contributed by atoms with Crippen LogP contribution in [0.15, 0.2) is 30.3 Å². The zero-order valence-corrected chi connectivity index (χ0v) is 25.0. The molecule has 0 atom stereocenters. The zero-order valence-electron chi connectivity index (χ0n) is 25.0. The summed E-state index contributed by atoms with van der Waals surface area (Å²) in [4.78, 5) is 13.8. The van der Waals surface area contributed by atoms with Gasteiger partial charge in [0, 0.05) is 6.54 Å². The highest BCUT2D eigenvalue weighted by molar-refractivity contribution is 5.89. The van der Waals surface area contributed by atoms with Gasteiger partial charge in [-0.2, -0.15) is 0 Å². The number of rotatable bonds is 31. The SMILES string of the molecule is CN(C)CCOCCOCCOCCOCCOCCOCCOCCOCCOCCOC(=O)c1ccccc1. The van der Waals surface area contributed by atoms with E-state index in [2.05, 4.69) is 4.90 Å². The average Bonchev–Trinajstić information content (AvgIpc) is 2.98. The fourth-order valence-corrected chi connectivity index (χ4v) is 2.96. The third-order valence-corrected chi connectivity index (χ3v) is 5.13. The number of ether oxygens (including phenoxy) is 10. The Morgan fingerprint density at radius 2 is 0.756 bits per heavy atom. The third-order valence-electron chi connectivity index (χ3n) is 5.13. The first kappa shape index (κ1) is 37.3. The van der Waals surface area contributed by atoms with Gasteiger partial charge in [0.25, 0.3) is 0 Å². The minimum Gasteiger partial charge on any atom is -0.460 e. The van der Waals surface area contributed by atoms with Crippen LogP contribution in [0, 0.1) is 0 Å². The number of carbonyl (C=O) groups is 1. The summed E-state index contributed by atoms with van der Waals surface area (Å²) < 4.78 is 54.1. The summed E-state index contributed by atoms with van der Waals surface area (Å²) in [5.74, 6) is -0.354. The maximum absolute atomic E-state index is 11.8. The lowest BCUT2D eigenvalue weighted by Crippen LogP contribution is -2.19. The minimum atomic E-state index is -0.354. The van der Waals surface area contributed by atoms with Gasteiger partial charge in [0.15, 0.2) is 0 Å². The normalized spacial score (nSPS) is 11.4. The van der Waals surface area contributed by atoms with E-state index in [0.717, 1.165) is 6.54 Å². The predicted molar refractivity (Wildman–Crippen MR) is 153 cm³/mol. The van der Waals surface area contributed by atoms with Crippen molar-refractivity contribution in [3.63, 3.8) is 0 Å². The molecule has 0 aliphatic carbocycles. The Bertz CT molecular complexity index is 682. The van der Waals surface area contributed by atoms with Crippen molar-refractivity contribution < 1.29 is 52.2 Å². The van der Waals surface area contributed by atoms with Gasteiger partial charge in [0.1, 0.15) is 6.61 Å². The van der Waals surface area contributed by atoms with Gasteiger partial charge in [-0.05, 0) is 26.2 Å². The maximum atomic E-state index is 11.8. The predicted octanol–water partition coefficient (Wildman–Crippen LogP) is 1.55. The van der Waals surface area contributed by atoms with Gasteiger partial charge in [0.2, 0.25) is 0 Å². The first-order valence-electron chi connectivity index (χ1n) is 14.3.